The lowest BCUT2D eigenvalue weighted by Gasteiger charge is -2.07. The number of ketones is 1. The second-order valence-corrected chi connectivity index (χ2v) is 5.55. The molecule has 0 spiro atoms. The van der Waals surface area contributed by atoms with Gasteiger partial charge in [0.15, 0.2) is 5.78 Å². The van der Waals surface area contributed by atoms with Gasteiger partial charge in [0.05, 0.1) is 0 Å². The maximum absolute atomic E-state index is 12.4. The number of nitrogens with one attached hydrogen (secondary N) is 1. The van der Waals surface area contributed by atoms with Crippen molar-refractivity contribution in [2.75, 3.05) is 5.32 Å². The summed E-state index contributed by atoms with van der Waals surface area (Å²) in [5.74, 6) is -0.280. The first-order valence-electron chi connectivity index (χ1n) is 7.91. The van der Waals surface area contributed by atoms with Gasteiger partial charge >= 0.3 is 0 Å². The first-order chi connectivity index (χ1) is 12.2. The normalized spacial score (nSPS) is 10.1. The quantitative estimate of drug-likeness (QED) is 0.683. The molecule has 0 bridgehead atoms. The predicted molar refractivity (Wildman–Crippen MR) is 101 cm³/mol. The summed E-state index contributed by atoms with van der Waals surface area (Å²) in [5.41, 5.74) is 3.37. The van der Waals surface area contributed by atoms with Crippen LogP contribution >= 0.6 is 0 Å². The van der Waals surface area contributed by atoms with Gasteiger partial charge in [-0.1, -0.05) is 67.3 Å². The van der Waals surface area contributed by atoms with Crippen LogP contribution in [-0.2, 0) is 0 Å². The van der Waals surface area contributed by atoms with Gasteiger partial charge in [-0.15, -0.1) is 0 Å². The summed E-state index contributed by atoms with van der Waals surface area (Å²) in [5, 5.41) is 2.83. The van der Waals surface area contributed by atoms with Crippen LogP contribution in [0.4, 0.5) is 5.69 Å². The highest BCUT2D eigenvalue weighted by molar-refractivity contribution is 6.10. The molecule has 0 aliphatic carbocycles. The van der Waals surface area contributed by atoms with Gasteiger partial charge in [-0.3, -0.25) is 9.59 Å². The molecule has 0 fully saturated rings. The largest absolute Gasteiger partial charge is 0.322 e. The number of amides is 1. The van der Waals surface area contributed by atoms with Crippen molar-refractivity contribution in [1.82, 2.24) is 0 Å². The number of rotatable bonds is 5. The van der Waals surface area contributed by atoms with Crippen molar-refractivity contribution in [2.24, 2.45) is 0 Å². The molecule has 0 radical (unpaired) electrons. The van der Waals surface area contributed by atoms with Crippen LogP contribution in [0.25, 0.3) is 6.08 Å². The molecule has 122 valence electrons. The zero-order valence-corrected chi connectivity index (χ0v) is 13.6. The highest BCUT2D eigenvalue weighted by Gasteiger charge is 2.10. The Bertz CT molecular complexity index is 895. The Morgan fingerprint density at radius 1 is 0.720 bits per heavy atom. The van der Waals surface area contributed by atoms with Crippen molar-refractivity contribution < 1.29 is 9.59 Å². The molecule has 1 amide bonds. The lowest BCUT2D eigenvalue weighted by molar-refractivity contribution is 0.102. The molecule has 0 atom stereocenters. The Labute approximate surface area is 146 Å². The van der Waals surface area contributed by atoms with Crippen LogP contribution in [-0.4, -0.2) is 11.7 Å². The number of anilines is 1. The van der Waals surface area contributed by atoms with Gasteiger partial charge in [0.2, 0.25) is 0 Å². The fraction of sp³-hybridized carbons (Fsp3) is 0. The zero-order chi connectivity index (χ0) is 17.6. The molecule has 0 saturated carbocycles. The third kappa shape index (κ3) is 3.90. The Hall–Kier alpha value is -3.46. The fourth-order valence-corrected chi connectivity index (χ4v) is 2.43. The van der Waals surface area contributed by atoms with Crippen molar-refractivity contribution in [3.8, 4) is 0 Å². The van der Waals surface area contributed by atoms with Crippen molar-refractivity contribution >= 4 is 23.5 Å². The van der Waals surface area contributed by atoms with Crippen LogP contribution in [0.15, 0.2) is 85.4 Å². The van der Waals surface area contributed by atoms with Crippen LogP contribution in [0.2, 0.25) is 0 Å². The Kier molecular flexibility index (Phi) is 4.86. The van der Waals surface area contributed by atoms with E-state index in [1.54, 1.807) is 42.5 Å². The second-order valence-electron chi connectivity index (χ2n) is 5.55. The van der Waals surface area contributed by atoms with E-state index in [0.29, 0.717) is 22.4 Å². The first-order valence-corrected chi connectivity index (χ1v) is 7.91. The van der Waals surface area contributed by atoms with Gasteiger partial charge in [-0.2, -0.15) is 0 Å². The van der Waals surface area contributed by atoms with Crippen LogP contribution in [0.3, 0.4) is 0 Å². The van der Waals surface area contributed by atoms with E-state index in [0.717, 1.165) is 5.56 Å². The molecular formula is C22H17NO2. The molecule has 0 aliphatic heterocycles. The Morgan fingerprint density at radius 2 is 1.28 bits per heavy atom. The fourth-order valence-electron chi connectivity index (χ4n) is 2.43. The van der Waals surface area contributed by atoms with Crippen LogP contribution in [0.1, 0.15) is 31.8 Å². The van der Waals surface area contributed by atoms with Gasteiger partial charge < -0.3 is 5.32 Å². The van der Waals surface area contributed by atoms with Gasteiger partial charge in [0.1, 0.15) is 0 Å². The second kappa shape index (κ2) is 7.41. The maximum Gasteiger partial charge on any atom is 0.255 e. The molecule has 3 aromatic carbocycles. The van der Waals surface area contributed by atoms with E-state index in [1.807, 2.05) is 42.5 Å². The third-order valence-corrected chi connectivity index (χ3v) is 3.85. The van der Waals surface area contributed by atoms with E-state index in [1.165, 1.54) is 0 Å². The van der Waals surface area contributed by atoms with Gasteiger partial charge in [0, 0.05) is 22.4 Å². The van der Waals surface area contributed by atoms with Crippen molar-refractivity contribution in [3.63, 3.8) is 0 Å². The number of hydrogen-bond donors (Lipinski definition) is 1. The van der Waals surface area contributed by atoms with Crippen LogP contribution < -0.4 is 5.32 Å². The molecular weight excluding hydrogens is 310 g/mol. The predicted octanol–water partition coefficient (Wildman–Crippen LogP) is 4.81. The molecule has 3 heteroatoms. The molecule has 25 heavy (non-hydrogen) atoms. The van der Waals surface area contributed by atoms with Crippen LogP contribution in [0, 0.1) is 0 Å². The minimum atomic E-state index is -0.218. The van der Waals surface area contributed by atoms with E-state index < -0.39 is 0 Å². The minimum absolute atomic E-state index is 0.0624. The molecule has 0 saturated heterocycles. The highest BCUT2D eigenvalue weighted by Crippen LogP contribution is 2.14. The van der Waals surface area contributed by atoms with E-state index in [9.17, 15) is 9.59 Å². The molecule has 3 nitrogen and oxygen atoms in total. The lowest BCUT2D eigenvalue weighted by atomic mass is 10.0. The van der Waals surface area contributed by atoms with E-state index in [4.69, 9.17) is 0 Å². The standard InChI is InChI=1S/C22H17NO2/c1-2-16-8-14-20(15-9-16)23-22(25)19-12-10-18(11-13-19)21(24)17-6-4-3-5-7-17/h2-15H,1H2,(H,23,25). The van der Waals surface area contributed by atoms with Crippen LogP contribution in [0.5, 0.6) is 0 Å². The Morgan fingerprint density at radius 3 is 1.88 bits per heavy atom. The summed E-state index contributed by atoms with van der Waals surface area (Å²) < 4.78 is 0. The summed E-state index contributed by atoms with van der Waals surface area (Å²) in [6, 6.07) is 23.1. The molecule has 3 aromatic rings. The summed E-state index contributed by atoms with van der Waals surface area (Å²) in [4.78, 5) is 24.7. The lowest BCUT2D eigenvalue weighted by Crippen LogP contribution is -2.12. The van der Waals surface area contributed by atoms with Gasteiger partial charge in [-0.25, -0.2) is 0 Å². The highest BCUT2D eigenvalue weighted by atomic mass is 16.1. The van der Waals surface area contributed by atoms with E-state index in [2.05, 4.69) is 11.9 Å². The molecule has 0 heterocycles. The van der Waals surface area contributed by atoms with E-state index >= 15 is 0 Å². The summed E-state index contributed by atoms with van der Waals surface area (Å²) in [7, 11) is 0. The van der Waals surface area contributed by atoms with E-state index in [-0.39, 0.29) is 11.7 Å². The molecule has 1 N–H and O–H groups in total. The molecule has 0 aliphatic rings. The number of hydrogen-bond acceptors (Lipinski definition) is 2. The average molecular weight is 327 g/mol. The summed E-state index contributed by atoms with van der Waals surface area (Å²) in [6.45, 7) is 3.70. The van der Waals surface area contributed by atoms with Crippen molar-refractivity contribution in [3.05, 3.63) is 108 Å². The SMILES string of the molecule is C=Cc1ccc(NC(=O)c2ccc(C(=O)c3ccccc3)cc2)cc1. The van der Waals surface area contributed by atoms with Crippen molar-refractivity contribution in [2.45, 2.75) is 0 Å². The topological polar surface area (TPSA) is 46.2 Å². The number of benzene rings is 3. The monoisotopic (exact) mass is 327 g/mol. The average Bonchev–Trinajstić information content (AvgIpc) is 2.69. The maximum atomic E-state index is 12.4. The molecule has 0 unspecified atom stereocenters. The first kappa shape index (κ1) is 16.4. The Balaban J connectivity index is 1.72. The third-order valence-electron chi connectivity index (χ3n) is 3.85. The minimum Gasteiger partial charge on any atom is -0.322 e. The zero-order valence-electron chi connectivity index (χ0n) is 13.6. The summed E-state index contributed by atoms with van der Waals surface area (Å²) in [6.07, 6.45) is 1.74. The van der Waals surface area contributed by atoms with Gasteiger partial charge in [0.25, 0.3) is 5.91 Å². The summed E-state index contributed by atoms with van der Waals surface area (Å²) >= 11 is 0. The smallest absolute Gasteiger partial charge is 0.255 e. The van der Waals surface area contributed by atoms with Gasteiger partial charge in [-0.05, 0) is 29.8 Å². The molecule has 3 rings (SSSR count). The number of carbonyl (C=O) groups excluding carboxylic acids is 2. The van der Waals surface area contributed by atoms with Crippen molar-refractivity contribution in [1.29, 1.82) is 0 Å². The number of carbonyl (C=O) groups is 2. The molecule has 0 aromatic heterocycles.